The molecule has 0 N–H and O–H groups in total. The first-order valence-electron chi connectivity index (χ1n) is 6.49. The van der Waals surface area contributed by atoms with Crippen molar-refractivity contribution in [2.24, 2.45) is 0 Å². The van der Waals surface area contributed by atoms with Gasteiger partial charge < -0.3 is 0 Å². The minimum Gasteiger partial charge on any atom is -0.264 e. The molecule has 0 saturated heterocycles. The van der Waals surface area contributed by atoms with Crippen LogP contribution in [0.5, 0.6) is 0 Å². The highest BCUT2D eigenvalue weighted by atomic mass is 18.2. The normalized spacial score (nSPS) is 12.1. The second-order valence-electron chi connectivity index (χ2n) is 4.95. The van der Waals surface area contributed by atoms with E-state index in [9.17, 15) is 4.39 Å². The van der Waals surface area contributed by atoms with Crippen molar-refractivity contribution in [2.75, 3.05) is 0 Å². The Hall–Kier alpha value is -2.55. The largest absolute Gasteiger partial charge is 0.264 e. The van der Waals surface area contributed by atoms with E-state index in [4.69, 9.17) is 0 Å². The van der Waals surface area contributed by atoms with Gasteiger partial charge in [-0.2, -0.15) is 4.39 Å². The molecule has 2 nitrogen and oxygen atoms in total. The number of aromatic nitrogens is 2. The van der Waals surface area contributed by atoms with Crippen LogP contribution in [0.25, 0.3) is 22.3 Å². The number of fused-ring (bicyclic) bond motifs is 3. The Morgan fingerprint density at radius 3 is 2.60 bits per heavy atom. The molecule has 1 aromatic carbocycles. The third kappa shape index (κ3) is 1.71. The van der Waals surface area contributed by atoms with Crippen molar-refractivity contribution in [1.82, 2.24) is 9.97 Å². The second-order valence-corrected chi connectivity index (χ2v) is 4.95. The van der Waals surface area contributed by atoms with E-state index in [-0.39, 0.29) is 0 Å². The summed E-state index contributed by atoms with van der Waals surface area (Å²) < 4.78 is 12.9. The highest BCUT2D eigenvalue weighted by Crippen LogP contribution is 2.37. The van der Waals surface area contributed by atoms with E-state index in [0.29, 0.717) is 0 Å². The topological polar surface area (TPSA) is 25.8 Å². The highest BCUT2D eigenvalue weighted by molar-refractivity contribution is 5.79. The molecule has 4 rings (SSSR count). The molecule has 0 unspecified atom stereocenters. The van der Waals surface area contributed by atoms with Crippen molar-refractivity contribution in [2.45, 2.75) is 6.42 Å². The SMILES string of the molecule is [18F]c1ccc(-c2ccc3c(c2)Cc2ccncc2-3)cn1. The number of halogens is 1. The van der Waals surface area contributed by atoms with Gasteiger partial charge in [0.25, 0.3) is 0 Å². The number of nitrogens with zero attached hydrogens (tertiary/aromatic N) is 2. The van der Waals surface area contributed by atoms with E-state index >= 15 is 0 Å². The van der Waals surface area contributed by atoms with E-state index in [1.54, 1.807) is 12.3 Å². The van der Waals surface area contributed by atoms with Crippen molar-refractivity contribution >= 4 is 0 Å². The zero-order valence-corrected chi connectivity index (χ0v) is 10.7. The van der Waals surface area contributed by atoms with Gasteiger partial charge in [-0.3, -0.25) is 4.98 Å². The fourth-order valence-electron chi connectivity index (χ4n) is 2.75. The average molecular weight is 261 g/mol. The number of hydrogen-bond donors (Lipinski definition) is 0. The molecule has 1 aliphatic carbocycles. The molecule has 0 aliphatic heterocycles. The molecule has 3 aromatic rings. The number of hydrogen-bond acceptors (Lipinski definition) is 2. The maximum Gasteiger partial charge on any atom is 0.212 e. The Balaban J connectivity index is 1.80. The van der Waals surface area contributed by atoms with Gasteiger partial charge in [-0.25, -0.2) is 4.98 Å². The van der Waals surface area contributed by atoms with Crippen LogP contribution in [0.15, 0.2) is 55.0 Å². The van der Waals surface area contributed by atoms with Crippen LogP contribution in [0.1, 0.15) is 11.1 Å². The van der Waals surface area contributed by atoms with Gasteiger partial charge in [-0.1, -0.05) is 18.2 Å². The predicted octanol–water partition coefficient (Wildman–Crippen LogP) is 3.85. The van der Waals surface area contributed by atoms with E-state index in [1.807, 2.05) is 12.4 Å². The van der Waals surface area contributed by atoms with Gasteiger partial charge >= 0.3 is 0 Å². The minimum atomic E-state index is -0.451. The summed E-state index contributed by atoms with van der Waals surface area (Å²) in [7, 11) is 0. The summed E-state index contributed by atoms with van der Waals surface area (Å²) in [6, 6.07) is 11.5. The molecule has 0 amide bonds. The quantitative estimate of drug-likeness (QED) is 0.486. The first-order chi connectivity index (χ1) is 9.81. The number of pyridine rings is 2. The summed E-state index contributed by atoms with van der Waals surface area (Å²) in [5.74, 6) is -0.451. The first-order valence-corrected chi connectivity index (χ1v) is 6.49. The van der Waals surface area contributed by atoms with Crippen LogP contribution < -0.4 is 0 Å². The number of benzene rings is 1. The third-order valence-corrected chi connectivity index (χ3v) is 3.75. The Kier molecular flexibility index (Phi) is 2.39. The zero-order chi connectivity index (χ0) is 13.5. The summed E-state index contributed by atoms with van der Waals surface area (Å²) in [5, 5.41) is 0. The van der Waals surface area contributed by atoms with Crippen LogP contribution in [0.2, 0.25) is 0 Å². The lowest BCUT2D eigenvalue weighted by molar-refractivity contribution is 0.584. The lowest BCUT2D eigenvalue weighted by atomic mass is 10.0. The predicted molar refractivity (Wildman–Crippen MR) is 75.7 cm³/mol. The molecule has 2 heterocycles. The smallest absolute Gasteiger partial charge is 0.212 e. The van der Waals surface area contributed by atoms with Crippen LogP contribution in [0, 0.1) is 5.95 Å². The van der Waals surface area contributed by atoms with E-state index in [2.05, 4.69) is 34.2 Å². The monoisotopic (exact) mass is 261 g/mol. The van der Waals surface area contributed by atoms with E-state index in [0.717, 1.165) is 17.5 Å². The van der Waals surface area contributed by atoms with Crippen LogP contribution in [0.4, 0.5) is 4.39 Å². The van der Waals surface area contributed by atoms with Crippen molar-refractivity contribution in [1.29, 1.82) is 0 Å². The van der Waals surface area contributed by atoms with Crippen LogP contribution in [-0.2, 0) is 6.42 Å². The van der Waals surface area contributed by atoms with Gasteiger partial charge in [0.1, 0.15) is 0 Å². The Labute approximate surface area is 116 Å². The van der Waals surface area contributed by atoms with E-state index < -0.39 is 5.95 Å². The molecular formula is C17H11FN2. The molecule has 96 valence electrons. The van der Waals surface area contributed by atoms with Crippen molar-refractivity contribution in [3.8, 4) is 22.3 Å². The molecule has 3 heteroatoms. The molecular weight excluding hydrogens is 250 g/mol. The zero-order valence-electron chi connectivity index (χ0n) is 10.7. The molecule has 0 spiro atoms. The molecule has 0 saturated carbocycles. The maximum absolute atomic E-state index is 12.9. The van der Waals surface area contributed by atoms with E-state index in [1.165, 1.54) is 28.3 Å². The minimum absolute atomic E-state index is 0.451. The molecule has 20 heavy (non-hydrogen) atoms. The first kappa shape index (κ1) is 11.3. The second kappa shape index (κ2) is 4.23. The molecule has 1 aliphatic rings. The Morgan fingerprint density at radius 1 is 0.850 bits per heavy atom. The molecule has 0 fully saturated rings. The fourth-order valence-corrected chi connectivity index (χ4v) is 2.75. The van der Waals surface area contributed by atoms with Crippen LogP contribution >= 0.6 is 0 Å². The van der Waals surface area contributed by atoms with Crippen molar-refractivity contribution in [3.63, 3.8) is 0 Å². The van der Waals surface area contributed by atoms with Gasteiger partial charge in [0.15, 0.2) is 0 Å². The van der Waals surface area contributed by atoms with Crippen LogP contribution in [-0.4, -0.2) is 9.97 Å². The third-order valence-electron chi connectivity index (χ3n) is 3.75. The summed E-state index contributed by atoms with van der Waals surface area (Å²) in [6.07, 6.45) is 6.24. The fraction of sp³-hybridized carbons (Fsp3) is 0.0588. The Morgan fingerprint density at radius 2 is 1.75 bits per heavy atom. The summed E-state index contributed by atoms with van der Waals surface area (Å²) in [5.41, 5.74) is 7.05. The number of rotatable bonds is 1. The molecule has 2 aromatic heterocycles. The van der Waals surface area contributed by atoms with Crippen molar-refractivity contribution < 1.29 is 4.39 Å². The Bertz CT molecular complexity index is 794. The molecule has 0 radical (unpaired) electrons. The molecule has 0 atom stereocenters. The van der Waals surface area contributed by atoms with Crippen molar-refractivity contribution in [3.05, 3.63) is 72.1 Å². The lowest BCUT2D eigenvalue weighted by Gasteiger charge is -2.05. The van der Waals surface area contributed by atoms with Gasteiger partial charge in [0, 0.05) is 29.7 Å². The summed E-state index contributed by atoms with van der Waals surface area (Å²) >= 11 is 0. The standard InChI is InChI=1S/C17H11FN2/c18-17-4-2-13(9-20-17)11-1-3-15-14(7-11)8-12-5-6-19-10-16(12)15/h1-7,9-10H,8H2/i18-1. The summed E-state index contributed by atoms with van der Waals surface area (Å²) in [4.78, 5) is 7.91. The van der Waals surface area contributed by atoms with Crippen LogP contribution in [0.3, 0.4) is 0 Å². The lowest BCUT2D eigenvalue weighted by Crippen LogP contribution is -1.86. The van der Waals surface area contributed by atoms with Gasteiger partial charge in [0.05, 0.1) is 0 Å². The van der Waals surface area contributed by atoms with Gasteiger partial charge in [-0.15, -0.1) is 0 Å². The summed E-state index contributed by atoms with van der Waals surface area (Å²) in [6.45, 7) is 0. The van der Waals surface area contributed by atoms with Gasteiger partial charge in [-0.05, 0) is 46.9 Å². The molecule has 0 bridgehead atoms. The average Bonchev–Trinajstić information content (AvgIpc) is 2.85. The van der Waals surface area contributed by atoms with Gasteiger partial charge in [0.2, 0.25) is 5.95 Å². The highest BCUT2D eigenvalue weighted by Gasteiger charge is 2.18. The maximum atomic E-state index is 12.9.